The van der Waals surface area contributed by atoms with E-state index in [2.05, 4.69) is 20.3 Å². The number of nitrogens with zero attached hydrogens (tertiary/aromatic N) is 3. The van der Waals surface area contributed by atoms with E-state index in [-0.39, 0.29) is 30.4 Å². The maximum Gasteiger partial charge on any atom is 0.328 e. The summed E-state index contributed by atoms with van der Waals surface area (Å²) in [5, 5.41) is 3.00. The van der Waals surface area contributed by atoms with Crippen molar-refractivity contribution in [1.82, 2.24) is 19.5 Å². The first-order valence-corrected chi connectivity index (χ1v) is 8.68. The van der Waals surface area contributed by atoms with Crippen LogP contribution in [0.4, 0.5) is 16.2 Å². The smallest absolute Gasteiger partial charge is 0.328 e. The van der Waals surface area contributed by atoms with Crippen molar-refractivity contribution >= 4 is 22.9 Å². The largest absolute Gasteiger partial charge is 0.486 e. The number of nitrogens with one attached hydrogen (secondary N) is 2. The summed E-state index contributed by atoms with van der Waals surface area (Å²) in [5.74, 6) is 0.181. The van der Waals surface area contributed by atoms with Gasteiger partial charge in [0.05, 0.1) is 6.54 Å². The van der Waals surface area contributed by atoms with Gasteiger partial charge in [-0.05, 0) is 23.8 Å². The van der Waals surface area contributed by atoms with E-state index in [4.69, 9.17) is 10.5 Å². The second-order valence-electron chi connectivity index (χ2n) is 5.58. The maximum atomic E-state index is 13.9. The molecule has 0 atom stereocenters. The van der Waals surface area contributed by atoms with Crippen LogP contribution in [0.2, 0.25) is 0 Å². The highest BCUT2D eigenvalue weighted by molar-refractivity contribution is 5.82. The van der Waals surface area contributed by atoms with E-state index in [1.807, 2.05) is 19.9 Å². The number of nitrogen functional groups attached to an aromatic ring is 1. The highest BCUT2D eigenvalue weighted by Gasteiger charge is 2.15. The van der Waals surface area contributed by atoms with Crippen molar-refractivity contribution in [1.29, 1.82) is 0 Å². The van der Waals surface area contributed by atoms with E-state index in [1.165, 1.54) is 10.6 Å². The predicted molar refractivity (Wildman–Crippen MR) is 103 cm³/mol. The molecule has 27 heavy (non-hydrogen) atoms. The number of aromatic amines is 1. The SMILES string of the molecule is CC.Nc1nc2nc3c1[nH]c(=O)n3Cc1ccc(F)c(c1)OC/C=C\CN2. The molecule has 4 bridgehead atoms. The maximum absolute atomic E-state index is 13.9. The Bertz CT molecular complexity index is 1040. The molecule has 1 aliphatic rings. The molecule has 0 radical (unpaired) electrons. The summed E-state index contributed by atoms with van der Waals surface area (Å²) in [5.41, 5.74) is 7.02. The Hall–Kier alpha value is -3.36. The van der Waals surface area contributed by atoms with E-state index >= 15 is 0 Å². The Labute approximate surface area is 154 Å². The topological polar surface area (TPSA) is 111 Å². The number of fused-ring (bicyclic) bond motifs is 3. The van der Waals surface area contributed by atoms with Crippen molar-refractivity contribution < 1.29 is 9.13 Å². The van der Waals surface area contributed by atoms with Crippen LogP contribution in [0.25, 0.3) is 11.2 Å². The van der Waals surface area contributed by atoms with Crippen LogP contribution in [0.1, 0.15) is 19.4 Å². The molecule has 0 fully saturated rings. The fraction of sp³-hybridized carbons (Fsp3) is 0.278. The molecule has 2 aromatic heterocycles. The number of imidazole rings is 1. The van der Waals surface area contributed by atoms with E-state index in [0.29, 0.717) is 29.2 Å². The van der Waals surface area contributed by atoms with Gasteiger partial charge >= 0.3 is 5.69 Å². The Kier molecular flexibility index (Phi) is 5.39. The third-order valence-corrected chi connectivity index (χ3v) is 3.87. The van der Waals surface area contributed by atoms with Gasteiger partial charge in [0.2, 0.25) is 5.95 Å². The number of nitrogens with two attached hydrogens (primary N) is 1. The number of hydrogen-bond donors (Lipinski definition) is 3. The van der Waals surface area contributed by atoms with Crippen molar-refractivity contribution in [3.63, 3.8) is 0 Å². The molecule has 3 aromatic rings. The van der Waals surface area contributed by atoms with Gasteiger partial charge in [-0.2, -0.15) is 9.97 Å². The first-order chi connectivity index (χ1) is 13.1. The van der Waals surface area contributed by atoms with E-state index in [0.717, 1.165) is 0 Å². The Morgan fingerprint density at radius 3 is 2.89 bits per heavy atom. The van der Waals surface area contributed by atoms with Gasteiger partial charge < -0.3 is 20.8 Å². The summed E-state index contributed by atoms with van der Waals surface area (Å²) in [6.45, 7) is 4.85. The van der Waals surface area contributed by atoms with Crippen molar-refractivity contribution in [3.05, 3.63) is 52.2 Å². The Balaban J connectivity index is 0.00000102. The highest BCUT2D eigenvalue weighted by atomic mass is 19.1. The molecular weight excluding hydrogens is 351 g/mol. The molecule has 9 heteroatoms. The van der Waals surface area contributed by atoms with Crippen LogP contribution < -0.4 is 21.5 Å². The van der Waals surface area contributed by atoms with Crippen LogP contribution in [0.15, 0.2) is 35.1 Å². The molecular formula is C18H21FN6O2. The molecule has 0 spiro atoms. The van der Waals surface area contributed by atoms with Crippen LogP contribution in [0, 0.1) is 5.82 Å². The monoisotopic (exact) mass is 372 g/mol. The molecule has 1 aliphatic heterocycles. The number of aromatic nitrogens is 4. The number of anilines is 2. The van der Waals surface area contributed by atoms with E-state index in [1.54, 1.807) is 18.2 Å². The summed E-state index contributed by atoms with van der Waals surface area (Å²) >= 11 is 0. The average Bonchev–Trinajstić information content (AvgIpc) is 2.98. The minimum absolute atomic E-state index is 0.134. The molecule has 142 valence electrons. The minimum Gasteiger partial charge on any atom is -0.486 e. The van der Waals surface area contributed by atoms with Gasteiger partial charge in [0, 0.05) is 6.54 Å². The van der Waals surface area contributed by atoms with Gasteiger partial charge in [-0.1, -0.05) is 26.0 Å². The third kappa shape index (κ3) is 3.76. The zero-order valence-corrected chi connectivity index (χ0v) is 15.1. The average molecular weight is 372 g/mol. The molecule has 4 N–H and O–H groups in total. The Morgan fingerprint density at radius 2 is 2.07 bits per heavy atom. The van der Waals surface area contributed by atoms with E-state index in [9.17, 15) is 9.18 Å². The Morgan fingerprint density at radius 1 is 1.26 bits per heavy atom. The summed E-state index contributed by atoms with van der Waals surface area (Å²) in [7, 11) is 0. The van der Waals surface area contributed by atoms with Crippen molar-refractivity contribution in [2.45, 2.75) is 20.4 Å². The van der Waals surface area contributed by atoms with Gasteiger partial charge in [0.15, 0.2) is 23.0 Å². The predicted octanol–water partition coefficient (Wildman–Crippen LogP) is 2.28. The van der Waals surface area contributed by atoms with Gasteiger partial charge in [-0.15, -0.1) is 0 Å². The molecule has 0 saturated heterocycles. The van der Waals surface area contributed by atoms with Crippen molar-refractivity contribution in [2.24, 2.45) is 0 Å². The first-order valence-electron chi connectivity index (χ1n) is 8.68. The zero-order valence-electron chi connectivity index (χ0n) is 15.1. The number of rotatable bonds is 0. The first kappa shape index (κ1) is 18.4. The van der Waals surface area contributed by atoms with Crippen LogP contribution in [0.5, 0.6) is 5.75 Å². The molecule has 8 nitrogen and oxygen atoms in total. The van der Waals surface area contributed by atoms with Gasteiger partial charge in [0.25, 0.3) is 0 Å². The lowest BCUT2D eigenvalue weighted by molar-refractivity contribution is 0.341. The van der Waals surface area contributed by atoms with Crippen LogP contribution in [-0.4, -0.2) is 32.7 Å². The second-order valence-corrected chi connectivity index (χ2v) is 5.58. The fourth-order valence-corrected chi connectivity index (χ4v) is 2.66. The molecule has 1 aromatic carbocycles. The lowest BCUT2D eigenvalue weighted by Gasteiger charge is -2.10. The molecule has 4 rings (SSSR count). The molecule has 0 unspecified atom stereocenters. The number of ether oxygens (including phenoxy) is 1. The van der Waals surface area contributed by atoms with Crippen LogP contribution >= 0.6 is 0 Å². The third-order valence-electron chi connectivity index (χ3n) is 3.87. The van der Waals surface area contributed by atoms with Crippen molar-refractivity contribution in [3.8, 4) is 5.75 Å². The lowest BCUT2D eigenvalue weighted by Crippen LogP contribution is -2.18. The summed E-state index contributed by atoms with van der Waals surface area (Å²) in [4.78, 5) is 23.5. The number of H-pyrrole nitrogens is 1. The molecule has 0 saturated carbocycles. The lowest BCUT2D eigenvalue weighted by atomic mass is 10.2. The number of halogens is 1. The van der Waals surface area contributed by atoms with Crippen LogP contribution in [-0.2, 0) is 6.54 Å². The van der Waals surface area contributed by atoms with E-state index < -0.39 is 5.82 Å². The summed E-state index contributed by atoms with van der Waals surface area (Å²) in [6.07, 6.45) is 3.57. The molecule has 0 aliphatic carbocycles. The zero-order chi connectivity index (χ0) is 19.4. The summed E-state index contributed by atoms with van der Waals surface area (Å²) < 4.78 is 20.7. The summed E-state index contributed by atoms with van der Waals surface area (Å²) in [6, 6.07) is 4.49. The molecule has 3 heterocycles. The molecule has 0 amide bonds. The van der Waals surface area contributed by atoms with Crippen LogP contribution in [0.3, 0.4) is 0 Å². The normalized spacial score (nSPS) is 14.5. The quantitative estimate of drug-likeness (QED) is 0.522. The minimum atomic E-state index is -0.456. The van der Waals surface area contributed by atoms with Crippen molar-refractivity contribution in [2.75, 3.05) is 24.2 Å². The fourth-order valence-electron chi connectivity index (χ4n) is 2.66. The number of benzene rings is 1. The van der Waals surface area contributed by atoms with Gasteiger partial charge in [-0.3, -0.25) is 4.57 Å². The highest BCUT2D eigenvalue weighted by Crippen LogP contribution is 2.21. The standard InChI is InChI=1S/C16H15FN6O2.C2H6/c17-10-4-3-9-7-11(10)25-6-2-1-5-19-15-21-13(18)12-14(22-15)23(8-9)16(24)20-12;1-2/h1-4,7H,5-6,8H2,(H,20,24)(H3,18,19,21,22);1-2H3/b2-1-;. The van der Waals surface area contributed by atoms with Gasteiger partial charge in [-0.25, -0.2) is 9.18 Å². The number of hydrogen-bond acceptors (Lipinski definition) is 6. The second kappa shape index (κ2) is 7.90. The van der Waals surface area contributed by atoms with Gasteiger partial charge in [0.1, 0.15) is 12.1 Å².